The topological polar surface area (TPSA) is 52.6 Å². The van der Waals surface area contributed by atoms with E-state index in [0.29, 0.717) is 0 Å². The lowest BCUT2D eigenvalue weighted by Gasteiger charge is -2.12. The van der Waals surface area contributed by atoms with Crippen molar-refractivity contribution >= 4 is 11.9 Å². The van der Waals surface area contributed by atoms with Crippen LogP contribution >= 0.6 is 0 Å². The molecular weight excluding hydrogens is 220 g/mol. The summed E-state index contributed by atoms with van der Waals surface area (Å²) in [4.78, 5) is 23.1. The summed E-state index contributed by atoms with van der Waals surface area (Å²) in [6, 6.07) is 0. The van der Waals surface area contributed by atoms with E-state index >= 15 is 0 Å². The first-order valence-electron chi connectivity index (χ1n) is 5.60. The molecule has 1 atom stereocenters. The van der Waals surface area contributed by atoms with Gasteiger partial charge in [-0.3, -0.25) is 9.59 Å². The molecule has 0 saturated carbocycles. The minimum Gasteiger partial charge on any atom is -0.465 e. The first-order valence-corrected chi connectivity index (χ1v) is 5.60. The molecule has 0 saturated heterocycles. The third-order valence-electron chi connectivity index (χ3n) is 1.98. The van der Waals surface area contributed by atoms with Crippen molar-refractivity contribution < 1.29 is 19.1 Å². The van der Waals surface area contributed by atoms with Gasteiger partial charge in [0.2, 0.25) is 0 Å². The molecule has 0 aromatic rings. The summed E-state index contributed by atoms with van der Waals surface area (Å²) in [7, 11) is 0. The summed E-state index contributed by atoms with van der Waals surface area (Å²) in [6.45, 7) is 9.42. The van der Waals surface area contributed by atoms with Crippen LogP contribution in [0.15, 0.2) is 24.3 Å². The Hall–Kier alpha value is -1.58. The average Bonchev–Trinajstić information content (AvgIpc) is 2.25. The Kier molecular flexibility index (Phi) is 7.76. The average molecular weight is 240 g/mol. The number of esters is 2. The lowest BCUT2D eigenvalue weighted by Crippen LogP contribution is -2.27. The van der Waals surface area contributed by atoms with E-state index in [4.69, 9.17) is 9.47 Å². The molecular formula is C13H20O4. The van der Waals surface area contributed by atoms with Crippen LogP contribution in [0.3, 0.4) is 0 Å². The highest BCUT2D eigenvalue weighted by Gasteiger charge is 2.27. The molecule has 0 aromatic heterocycles. The zero-order chi connectivity index (χ0) is 13.3. The third-order valence-corrected chi connectivity index (χ3v) is 1.98. The van der Waals surface area contributed by atoms with Crippen LogP contribution in [0.4, 0.5) is 0 Å². The number of carbonyl (C=O) groups excluding carboxylic acids is 2. The smallest absolute Gasteiger partial charge is 0.320 e. The van der Waals surface area contributed by atoms with Crippen LogP contribution in [0.1, 0.15) is 27.2 Å². The van der Waals surface area contributed by atoms with Crippen molar-refractivity contribution in [3.05, 3.63) is 24.3 Å². The molecule has 0 spiro atoms. The fourth-order valence-corrected chi connectivity index (χ4v) is 1.09. The van der Waals surface area contributed by atoms with Crippen LogP contribution in [0.5, 0.6) is 0 Å². The fourth-order valence-electron chi connectivity index (χ4n) is 1.09. The van der Waals surface area contributed by atoms with Gasteiger partial charge in [-0.25, -0.2) is 0 Å². The second-order valence-corrected chi connectivity index (χ2v) is 3.74. The first kappa shape index (κ1) is 15.4. The molecule has 0 amide bonds. The van der Waals surface area contributed by atoms with Gasteiger partial charge in [0.05, 0.1) is 6.61 Å². The van der Waals surface area contributed by atoms with Crippen molar-refractivity contribution in [2.24, 2.45) is 5.92 Å². The molecule has 0 rings (SSSR count). The molecule has 0 aliphatic heterocycles. The van der Waals surface area contributed by atoms with Crippen LogP contribution in [0.2, 0.25) is 0 Å². The maximum Gasteiger partial charge on any atom is 0.320 e. The van der Waals surface area contributed by atoms with Crippen LogP contribution in [0.25, 0.3) is 0 Å². The number of hydrogen-bond acceptors (Lipinski definition) is 4. The monoisotopic (exact) mass is 240 g/mol. The highest BCUT2D eigenvalue weighted by atomic mass is 16.6. The lowest BCUT2D eigenvalue weighted by atomic mass is 10.1. The Morgan fingerprint density at radius 2 is 1.82 bits per heavy atom. The first-order chi connectivity index (χ1) is 8.02. The number of hydrogen-bond donors (Lipinski definition) is 0. The second-order valence-electron chi connectivity index (χ2n) is 3.74. The quantitative estimate of drug-likeness (QED) is 0.389. The van der Waals surface area contributed by atoms with E-state index in [1.807, 2.05) is 13.8 Å². The normalized spacial score (nSPS) is 11.2. The molecule has 0 bridgehead atoms. The maximum atomic E-state index is 11.6. The van der Waals surface area contributed by atoms with Gasteiger partial charge in [0, 0.05) is 0 Å². The summed E-state index contributed by atoms with van der Waals surface area (Å²) in [5.41, 5.74) is 1.05. The Bertz CT molecular complexity index is 301. The summed E-state index contributed by atoms with van der Waals surface area (Å²) < 4.78 is 9.77. The van der Waals surface area contributed by atoms with Crippen molar-refractivity contribution in [3.63, 3.8) is 0 Å². The van der Waals surface area contributed by atoms with Gasteiger partial charge < -0.3 is 9.47 Å². The largest absolute Gasteiger partial charge is 0.465 e. The molecule has 0 aliphatic rings. The molecule has 0 aromatic carbocycles. The minimum absolute atomic E-state index is 0.175. The number of allylic oxidation sites excluding steroid dienone is 2. The van der Waals surface area contributed by atoms with E-state index < -0.39 is 17.9 Å². The molecule has 96 valence electrons. The predicted molar refractivity (Wildman–Crippen MR) is 65.3 cm³/mol. The van der Waals surface area contributed by atoms with Gasteiger partial charge in [0.25, 0.3) is 0 Å². The van der Waals surface area contributed by atoms with Gasteiger partial charge >= 0.3 is 11.9 Å². The van der Waals surface area contributed by atoms with Gasteiger partial charge in [-0.15, -0.1) is 6.58 Å². The van der Waals surface area contributed by atoms with Gasteiger partial charge in [-0.05, 0) is 33.3 Å². The van der Waals surface area contributed by atoms with E-state index in [0.717, 1.165) is 5.57 Å². The SMILES string of the molecule is C=CCC(C(=O)OCC)C(=O)OCC=C(C)C. The van der Waals surface area contributed by atoms with Crippen molar-refractivity contribution in [2.75, 3.05) is 13.2 Å². The van der Waals surface area contributed by atoms with Crippen LogP contribution < -0.4 is 0 Å². The molecule has 0 aliphatic carbocycles. The van der Waals surface area contributed by atoms with E-state index in [9.17, 15) is 9.59 Å². The number of carbonyl (C=O) groups is 2. The van der Waals surface area contributed by atoms with Gasteiger partial charge in [0.1, 0.15) is 6.61 Å². The Morgan fingerprint density at radius 3 is 2.29 bits per heavy atom. The summed E-state index contributed by atoms with van der Waals surface area (Å²) >= 11 is 0. The molecule has 0 heterocycles. The standard InChI is InChI=1S/C13H20O4/c1-5-7-11(12(14)16-6-2)13(15)17-9-8-10(3)4/h5,8,11H,1,6-7,9H2,2-4H3. The van der Waals surface area contributed by atoms with E-state index in [1.165, 1.54) is 6.08 Å². The minimum atomic E-state index is -0.905. The van der Waals surface area contributed by atoms with E-state index in [1.54, 1.807) is 13.0 Å². The Balaban J connectivity index is 4.38. The van der Waals surface area contributed by atoms with Crippen LogP contribution in [0, 0.1) is 5.92 Å². The lowest BCUT2D eigenvalue weighted by molar-refractivity contribution is -0.160. The van der Waals surface area contributed by atoms with E-state index in [-0.39, 0.29) is 19.6 Å². The molecule has 1 unspecified atom stereocenters. The summed E-state index contributed by atoms with van der Waals surface area (Å²) in [5, 5.41) is 0. The zero-order valence-electron chi connectivity index (χ0n) is 10.7. The van der Waals surface area contributed by atoms with Gasteiger partial charge in [0.15, 0.2) is 5.92 Å². The molecule has 4 heteroatoms. The Labute approximate surface area is 102 Å². The Morgan fingerprint density at radius 1 is 1.24 bits per heavy atom. The molecule has 17 heavy (non-hydrogen) atoms. The van der Waals surface area contributed by atoms with Crippen molar-refractivity contribution in [3.8, 4) is 0 Å². The fraction of sp³-hybridized carbons (Fsp3) is 0.538. The highest BCUT2D eigenvalue weighted by molar-refractivity contribution is 5.95. The van der Waals surface area contributed by atoms with Crippen LogP contribution in [-0.4, -0.2) is 25.2 Å². The second kappa shape index (κ2) is 8.56. The predicted octanol–water partition coefficient (Wildman–Crippen LogP) is 2.25. The van der Waals surface area contributed by atoms with Crippen molar-refractivity contribution in [1.82, 2.24) is 0 Å². The molecule has 0 N–H and O–H groups in total. The summed E-state index contributed by atoms with van der Waals surface area (Å²) in [5.74, 6) is -2.03. The number of rotatable bonds is 7. The number of ether oxygens (including phenoxy) is 2. The molecule has 4 nitrogen and oxygen atoms in total. The van der Waals surface area contributed by atoms with Gasteiger partial charge in [-0.2, -0.15) is 0 Å². The van der Waals surface area contributed by atoms with Crippen LogP contribution in [-0.2, 0) is 19.1 Å². The molecule has 0 fully saturated rings. The molecule has 0 radical (unpaired) electrons. The van der Waals surface area contributed by atoms with Crippen molar-refractivity contribution in [1.29, 1.82) is 0 Å². The van der Waals surface area contributed by atoms with Crippen molar-refractivity contribution in [2.45, 2.75) is 27.2 Å². The summed E-state index contributed by atoms with van der Waals surface area (Å²) in [6.07, 6.45) is 3.50. The maximum absolute atomic E-state index is 11.6. The van der Waals surface area contributed by atoms with E-state index in [2.05, 4.69) is 6.58 Å². The third kappa shape index (κ3) is 6.56. The zero-order valence-corrected chi connectivity index (χ0v) is 10.7. The highest BCUT2D eigenvalue weighted by Crippen LogP contribution is 2.09. The van der Waals surface area contributed by atoms with Gasteiger partial charge in [-0.1, -0.05) is 11.6 Å².